The molecule has 0 radical (unpaired) electrons. The van der Waals surface area contributed by atoms with Gasteiger partial charge in [0.1, 0.15) is 0 Å². The molecule has 1 aromatic heterocycles. The van der Waals surface area contributed by atoms with Crippen LogP contribution < -0.4 is 0 Å². The fourth-order valence-corrected chi connectivity index (χ4v) is 2.01. The van der Waals surface area contributed by atoms with Gasteiger partial charge in [-0.1, -0.05) is 30.7 Å². The molecule has 0 saturated carbocycles. The van der Waals surface area contributed by atoms with E-state index < -0.39 is 0 Å². The summed E-state index contributed by atoms with van der Waals surface area (Å²) in [5, 5.41) is 9.77. The summed E-state index contributed by atoms with van der Waals surface area (Å²) in [4.78, 5) is 4.08. The smallest absolute Gasteiger partial charge is 0.0995 e. The largest absolute Gasteiger partial charge is 0.264 e. The molecule has 0 N–H and O–H groups in total. The Kier molecular flexibility index (Phi) is 3.41. The number of halogens is 1. The van der Waals surface area contributed by atoms with Crippen LogP contribution >= 0.6 is 11.6 Å². The molecule has 0 spiro atoms. The lowest BCUT2D eigenvalue weighted by atomic mass is 9.91. The number of nitrogens with zero attached hydrogens (tertiary/aromatic N) is 2. The molecule has 0 saturated heterocycles. The van der Waals surface area contributed by atoms with Crippen LogP contribution in [0.1, 0.15) is 29.5 Å². The molecule has 0 fully saturated rings. The van der Waals surface area contributed by atoms with E-state index in [1.54, 1.807) is 18.5 Å². The Hall–Kier alpha value is -1.85. The molecule has 0 amide bonds. The van der Waals surface area contributed by atoms with E-state index in [1.807, 2.05) is 31.2 Å². The van der Waals surface area contributed by atoms with Crippen molar-refractivity contribution in [2.24, 2.45) is 0 Å². The molecule has 84 valence electrons. The average molecular weight is 243 g/mol. The third-order valence-corrected chi connectivity index (χ3v) is 3.02. The highest BCUT2D eigenvalue weighted by Crippen LogP contribution is 2.27. The van der Waals surface area contributed by atoms with Crippen LogP contribution in [-0.2, 0) is 0 Å². The molecule has 0 aliphatic carbocycles. The summed E-state index contributed by atoms with van der Waals surface area (Å²) in [5.41, 5.74) is 2.67. The topological polar surface area (TPSA) is 36.7 Å². The van der Waals surface area contributed by atoms with Crippen LogP contribution in [-0.4, -0.2) is 4.98 Å². The van der Waals surface area contributed by atoms with Crippen LogP contribution in [0.15, 0.2) is 42.7 Å². The van der Waals surface area contributed by atoms with Crippen molar-refractivity contribution >= 4 is 11.6 Å². The highest BCUT2D eigenvalue weighted by Gasteiger charge is 2.12. The molecule has 0 aliphatic rings. The molecule has 1 heterocycles. The van der Waals surface area contributed by atoms with Gasteiger partial charge < -0.3 is 0 Å². The number of hydrogen-bond donors (Lipinski definition) is 0. The second kappa shape index (κ2) is 4.99. The number of rotatable bonds is 2. The summed E-state index contributed by atoms with van der Waals surface area (Å²) in [5.74, 6) is 0.108. The first kappa shape index (κ1) is 11.6. The summed E-state index contributed by atoms with van der Waals surface area (Å²) < 4.78 is 0. The van der Waals surface area contributed by atoms with E-state index in [9.17, 15) is 0 Å². The maximum Gasteiger partial charge on any atom is 0.0995 e. The number of hydrogen-bond acceptors (Lipinski definition) is 2. The lowest BCUT2D eigenvalue weighted by molar-refractivity contribution is 0.906. The van der Waals surface area contributed by atoms with Crippen molar-refractivity contribution in [1.82, 2.24) is 4.98 Å². The van der Waals surface area contributed by atoms with E-state index in [4.69, 9.17) is 16.9 Å². The molecular formula is C14H11ClN2. The van der Waals surface area contributed by atoms with Gasteiger partial charge in [-0.25, -0.2) is 0 Å². The Morgan fingerprint density at radius 2 is 2.18 bits per heavy atom. The van der Waals surface area contributed by atoms with Gasteiger partial charge in [-0.3, -0.25) is 4.98 Å². The molecule has 3 heteroatoms. The number of benzene rings is 1. The Bertz CT molecular complexity index is 572. The van der Waals surface area contributed by atoms with Crippen LogP contribution in [0.5, 0.6) is 0 Å². The SMILES string of the molecule is C[C@H](c1cccc(Cl)c1)c1cnccc1C#N. The van der Waals surface area contributed by atoms with Gasteiger partial charge in [0.25, 0.3) is 0 Å². The Balaban J connectivity index is 2.44. The third kappa shape index (κ3) is 2.46. The second-order valence-corrected chi connectivity index (χ2v) is 4.29. The van der Waals surface area contributed by atoms with Gasteiger partial charge in [0, 0.05) is 23.3 Å². The normalized spacial score (nSPS) is 11.8. The molecular weight excluding hydrogens is 232 g/mol. The Morgan fingerprint density at radius 3 is 2.88 bits per heavy atom. The van der Waals surface area contributed by atoms with Gasteiger partial charge in [0.15, 0.2) is 0 Å². The summed E-state index contributed by atoms with van der Waals surface area (Å²) in [7, 11) is 0. The van der Waals surface area contributed by atoms with Crippen molar-refractivity contribution in [1.29, 1.82) is 5.26 Å². The van der Waals surface area contributed by atoms with Gasteiger partial charge in [0.2, 0.25) is 0 Å². The van der Waals surface area contributed by atoms with E-state index in [0.717, 1.165) is 11.1 Å². The standard InChI is InChI=1S/C14H11ClN2/c1-10(11-3-2-4-13(15)7-11)14-9-17-6-5-12(14)8-16/h2-7,9-10H,1H3/t10-/m1/s1. The van der Waals surface area contributed by atoms with Crippen molar-refractivity contribution in [3.63, 3.8) is 0 Å². The molecule has 1 atom stereocenters. The predicted molar refractivity (Wildman–Crippen MR) is 67.9 cm³/mol. The molecule has 2 rings (SSSR count). The fourth-order valence-electron chi connectivity index (χ4n) is 1.81. The summed E-state index contributed by atoms with van der Waals surface area (Å²) >= 11 is 5.97. The van der Waals surface area contributed by atoms with Crippen molar-refractivity contribution in [3.05, 3.63) is 64.4 Å². The minimum atomic E-state index is 0.108. The van der Waals surface area contributed by atoms with Crippen LogP contribution in [0.2, 0.25) is 5.02 Å². The number of nitriles is 1. The summed E-state index contributed by atoms with van der Waals surface area (Å²) in [6.07, 6.45) is 3.37. The van der Waals surface area contributed by atoms with E-state index in [0.29, 0.717) is 10.6 Å². The number of pyridine rings is 1. The third-order valence-electron chi connectivity index (χ3n) is 2.79. The predicted octanol–water partition coefficient (Wildman–Crippen LogP) is 3.76. The van der Waals surface area contributed by atoms with Crippen LogP contribution in [0.3, 0.4) is 0 Å². The van der Waals surface area contributed by atoms with E-state index >= 15 is 0 Å². The minimum Gasteiger partial charge on any atom is -0.264 e. The Morgan fingerprint density at radius 1 is 1.35 bits per heavy atom. The average Bonchev–Trinajstić information content (AvgIpc) is 2.38. The monoisotopic (exact) mass is 242 g/mol. The zero-order valence-electron chi connectivity index (χ0n) is 9.39. The first-order chi connectivity index (χ1) is 8.22. The van der Waals surface area contributed by atoms with Gasteiger partial charge in [-0.05, 0) is 29.3 Å². The van der Waals surface area contributed by atoms with Crippen molar-refractivity contribution < 1.29 is 0 Å². The molecule has 2 nitrogen and oxygen atoms in total. The zero-order valence-corrected chi connectivity index (χ0v) is 10.1. The van der Waals surface area contributed by atoms with E-state index in [2.05, 4.69) is 11.1 Å². The molecule has 0 unspecified atom stereocenters. The summed E-state index contributed by atoms with van der Waals surface area (Å²) in [6.45, 7) is 2.05. The van der Waals surface area contributed by atoms with Gasteiger partial charge in [0.05, 0.1) is 11.6 Å². The van der Waals surface area contributed by atoms with Crippen molar-refractivity contribution in [3.8, 4) is 6.07 Å². The quantitative estimate of drug-likeness (QED) is 0.804. The molecule has 2 aromatic rings. The molecule has 0 aliphatic heterocycles. The van der Waals surface area contributed by atoms with Gasteiger partial charge in [-0.2, -0.15) is 5.26 Å². The lowest BCUT2D eigenvalue weighted by Crippen LogP contribution is -1.99. The molecule has 1 aromatic carbocycles. The van der Waals surface area contributed by atoms with E-state index in [1.165, 1.54) is 0 Å². The van der Waals surface area contributed by atoms with Crippen LogP contribution in [0, 0.1) is 11.3 Å². The van der Waals surface area contributed by atoms with Crippen LogP contribution in [0.4, 0.5) is 0 Å². The highest BCUT2D eigenvalue weighted by atomic mass is 35.5. The van der Waals surface area contributed by atoms with Crippen LogP contribution in [0.25, 0.3) is 0 Å². The maximum absolute atomic E-state index is 9.06. The van der Waals surface area contributed by atoms with Crippen molar-refractivity contribution in [2.45, 2.75) is 12.8 Å². The van der Waals surface area contributed by atoms with E-state index in [-0.39, 0.29) is 5.92 Å². The first-order valence-electron chi connectivity index (χ1n) is 5.32. The highest BCUT2D eigenvalue weighted by molar-refractivity contribution is 6.30. The lowest BCUT2D eigenvalue weighted by Gasteiger charge is -2.13. The minimum absolute atomic E-state index is 0.108. The second-order valence-electron chi connectivity index (χ2n) is 3.85. The zero-order chi connectivity index (χ0) is 12.3. The molecule has 17 heavy (non-hydrogen) atoms. The van der Waals surface area contributed by atoms with Gasteiger partial charge in [-0.15, -0.1) is 0 Å². The summed E-state index contributed by atoms with van der Waals surface area (Å²) in [6, 6.07) is 11.6. The number of aromatic nitrogens is 1. The fraction of sp³-hybridized carbons (Fsp3) is 0.143. The maximum atomic E-state index is 9.06. The van der Waals surface area contributed by atoms with Crippen molar-refractivity contribution in [2.75, 3.05) is 0 Å². The molecule has 0 bridgehead atoms. The van der Waals surface area contributed by atoms with Gasteiger partial charge >= 0.3 is 0 Å². The Labute approximate surface area is 105 Å². The first-order valence-corrected chi connectivity index (χ1v) is 5.69.